The van der Waals surface area contributed by atoms with E-state index in [1.54, 1.807) is 0 Å². The first kappa shape index (κ1) is 15.2. The minimum atomic E-state index is -0.0421. The zero-order valence-corrected chi connectivity index (χ0v) is 13.9. The van der Waals surface area contributed by atoms with Crippen LogP contribution < -0.4 is 5.73 Å². The Bertz CT molecular complexity index is 819. The Morgan fingerprint density at radius 1 is 1.25 bits per heavy atom. The molecule has 0 saturated carbocycles. The predicted molar refractivity (Wildman–Crippen MR) is 91.5 cm³/mol. The van der Waals surface area contributed by atoms with Crippen molar-refractivity contribution in [2.24, 2.45) is 15.7 Å². The molecule has 24 heavy (non-hydrogen) atoms. The second-order valence-corrected chi connectivity index (χ2v) is 6.36. The first-order chi connectivity index (χ1) is 11.6. The third-order valence-corrected chi connectivity index (χ3v) is 4.68. The van der Waals surface area contributed by atoms with Crippen LogP contribution in [0.5, 0.6) is 0 Å². The summed E-state index contributed by atoms with van der Waals surface area (Å²) in [5.74, 6) is 1.00. The van der Waals surface area contributed by atoms with Crippen molar-refractivity contribution < 1.29 is 4.74 Å². The number of aryl methyl sites for hydroxylation is 1. The number of ether oxygens (including phenoxy) is 1. The average Bonchev–Trinajstić information content (AvgIpc) is 2.99. The lowest BCUT2D eigenvalue weighted by atomic mass is 9.97. The van der Waals surface area contributed by atoms with Gasteiger partial charge in [-0.2, -0.15) is 0 Å². The monoisotopic (exact) mass is 327 g/mol. The molecule has 2 aliphatic rings. The largest absolute Gasteiger partial charge is 0.381 e. The van der Waals surface area contributed by atoms with Gasteiger partial charge in [0.15, 0.2) is 5.65 Å². The molecule has 0 aliphatic carbocycles. The van der Waals surface area contributed by atoms with Crippen molar-refractivity contribution >= 4 is 23.3 Å². The zero-order valence-electron chi connectivity index (χ0n) is 13.9. The third-order valence-electron chi connectivity index (χ3n) is 4.68. The van der Waals surface area contributed by atoms with Gasteiger partial charge in [-0.25, -0.2) is 24.9 Å². The molecule has 4 heterocycles. The predicted octanol–water partition coefficient (Wildman–Crippen LogP) is 1.36. The molecule has 8 nitrogen and oxygen atoms in total. The van der Waals surface area contributed by atoms with Crippen molar-refractivity contribution in [2.75, 3.05) is 13.2 Å². The molecule has 2 aromatic rings. The molecule has 8 heteroatoms. The lowest BCUT2D eigenvalue weighted by molar-refractivity contribution is 0.0704. The van der Waals surface area contributed by atoms with Crippen LogP contribution in [-0.2, 0) is 4.74 Å². The van der Waals surface area contributed by atoms with Crippen LogP contribution in [0.3, 0.4) is 0 Å². The molecule has 0 radical (unpaired) electrons. The van der Waals surface area contributed by atoms with Crippen molar-refractivity contribution in [1.29, 1.82) is 0 Å². The molecular weight excluding hydrogens is 306 g/mol. The molecule has 0 spiro atoms. The number of nitrogens with zero attached hydrogens (tertiary/aromatic N) is 6. The van der Waals surface area contributed by atoms with Gasteiger partial charge in [0.25, 0.3) is 0 Å². The van der Waals surface area contributed by atoms with Gasteiger partial charge in [0.05, 0.1) is 24.0 Å². The van der Waals surface area contributed by atoms with Crippen LogP contribution in [0.4, 0.5) is 0 Å². The quantitative estimate of drug-likeness (QED) is 0.897. The minimum Gasteiger partial charge on any atom is -0.381 e. The number of rotatable bonds is 2. The summed E-state index contributed by atoms with van der Waals surface area (Å²) >= 11 is 0. The van der Waals surface area contributed by atoms with E-state index in [-0.39, 0.29) is 12.0 Å². The van der Waals surface area contributed by atoms with E-state index in [2.05, 4.69) is 29.5 Å². The number of aromatic nitrogens is 4. The van der Waals surface area contributed by atoms with Crippen LogP contribution in [0.15, 0.2) is 16.3 Å². The van der Waals surface area contributed by atoms with E-state index in [9.17, 15) is 0 Å². The first-order valence-corrected chi connectivity index (χ1v) is 8.30. The fraction of sp³-hybridized carbons (Fsp3) is 0.562. The molecule has 2 aromatic heterocycles. The lowest BCUT2D eigenvalue weighted by Gasteiger charge is -2.24. The van der Waals surface area contributed by atoms with Crippen LogP contribution in [0.25, 0.3) is 11.2 Å². The molecule has 2 aliphatic heterocycles. The molecule has 2 unspecified atom stereocenters. The molecule has 1 fully saturated rings. The summed E-state index contributed by atoms with van der Waals surface area (Å²) in [5.41, 5.74) is 8.28. The fourth-order valence-corrected chi connectivity index (χ4v) is 3.42. The standard InChI is InChI=1S/C16H21N7O/c1-9-12(7-18-16(17)20-9)13-14-15(22-10(2)21-13)23(8-19-14)11-3-5-24-6-4-11/h7-9,11-12H,3-6H2,1-2H3,(H2,17,20). The van der Waals surface area contributed by atoms with E-state index in [0.717, 1.165) is 48.7 Å². The van der Waals surface area contributed by atoms with E-state index in [1.807, 2.05) is 26.4 Å². The summed E-state index contributed by atoms with van der Waals surface area (Å²) in [6.07, 6.45) is 5.65. The molecule has 0 aromatic carbocycles. The van der Waals surface area contributed by atoms with Gasteiger partial charge in [0.2, 0.25) is 5.96 Å². The van der Waals surface area contributed by atoms with Gasteiger partial charge in [-0.3, -0.25) is 0 Å². The Morgan fingerprint density at radius 2 is 2.04 bits per heavy atom. The number of imidazole rings is 1. The van der Waals surface area contributed by atoms with Crippen LogP contribution in [-0.4, -0.2) is 50.9 Å². The highest BCUT2D eigenvalue weighted by molar-refractivity contribution is 5.92. The van der Waals surface area contributed by atoms with E-state index in [0.29, 0.717) is 12.0 Å². The summed E-state index contributed by atoms with van der Waals surface area (Å²) in [7, 11) is 0. The van der Waals surface area contributed by atoms with Gasteiger partial charge < -0.3 is 15.0 Å². The van der Waals surface area contributed by atoms with Crippen molar-refractivity contribution in [1.82, 2.24) is 19.5 Å². The van der Waals surface area contributed by atoms with Crippen molar-refractivity contribution in [3.63, 3.8) is 0 Å². The Kier molecular flexibility index (Phi) is 3.76. The second kappa shape index (κ2) is 5.94. The van der Waals surface area contributed by atoms with E-state index >= 15 is 0 Å². The minimum absolute atomic E-state index is 0.0202. The maximum atomic E-state index is 5.70. The Morgan fingerprint density at radius 3 is 2.79 bits per heavy atom. The average molecular weight is 327 g/mol. The van der Waals surface area contributed by atoms with Crippen molar-refractivity contribution in [3.05, 3.63) is 17.8 Å². The normalized spacial score (nSPS) is 25.2. The van der Waals surface area contributed by atoms with Gasteiger partial charge in [-0.15, -0.1) is 0 Å². The zero-order chi connectivity index (χ0) is 16.7. The van der Waals surface area contributed by atoms with Gasteiger partial charge in [0.1, 0.15) is 11.3 Å². The molecular formula is C16H21N7O. The van der Waals surface area contributed by atoms with E-state index in [1.165, 1.54) is 0 Å². The SMILES string of the molecule is Cc1nc(C2C=NC(N)=NC2C)c2ncn(C3CCOCC3)c2n1. The van der Waals surface area contributed by atoms with Crippen molar-refractivity contribution in [3.8, 4) is 0 Å². The molecule has 126 valence electrons. The molecule has 0 amide bonds. The summed E-state index contributed by atoms with van der Waals surface area (Å²) in [6.45, 7) is 5.48. The number of hydrogen-bond acceptors (Lipinski definition) is 7. The van der Waals surface area contributed by atoms with Crippen LogP contribution in [0.1, 0.15) is 43.2 Å². The highest BCUT2D eigenvalue weighted by Gasteiger charge is 2.27. The topological polar surface area (TPSA) is 104 Å². The molecule has 1 saturated heterocycles. The maximum Gasteiger partial charge on any atom is 0.215 e. The van der Waals surface area contributed by atoms with Crippen LogP contribution in [0, 0.1) is 6.92 Å². The summed E-state index contributed by atoms with van der Waals surface area (Å²) in [6, 6.07) is 0.352. The van der Waals surface area contributed by atoms with Crippen molar-refractivity contribution in [2.45, 2.75) is 44.7 Å². The highest BCUT2D eigenvalue weighted by Crippen LogP contribution is 2.30. The Labute approximate surface area is 139 Å². The van der Waals surface area contributed by atoms with E-state index < -0.39 is 0 Å². The van der Waals surface area contributed by atoms with Gasteiger partial charge in [-0.1, -0.05) is 0 Å². The van der Waals surface area contributed by atoms with Crippen LogP contribution in [0.2, 0.25) is 0 Å². The summed E-state index contributed by atoms with van der Waals surface area (Å²) in [4.78, 5) is 22.4. The number of fused-ring (bicyclic) bond motifs is 1. The number of aliphatic imine (C=N–C) groups is 2. The summed E-state index contributed by atoms with van der Waals surface area (Å²) in [5, 5.41) is 0. The Balaban J connectivity index is 1.80. The van der Waals surface area contributed by atoms with Gasteiger partial charge >= 0.3 is 0 Å². The molecule has 4 rings (SSSR count). The molecule has 2 atom stereocenters. The fourth-order valence-electron chi connectivity index (χ4n) is 3.42. The smallest absolute Gasteiger partial charge is 0.215 e. The third kappa shape index (κ3) is 2.56. The second-order valence-electron chi connectivity index (χ2n) is 6.36. The van der Waals surface area contributed by atoms with Crippen LogP contribution >= 0.6 is 0 Å². The highest BCUT2D eigenvalue weighted by atomic mass is 16.5. The van der Waals surface area contributed by atoms with Gasteiger partial charge in [0, 0.05) is 25.5 Å². The first-order valence-electron chi connectivity index (χ1n) is 8.30. The Hall–Kier alpha value is -2.35. The lowest BCUT2D eigenvalue weighted by Crippen LogP contribution is -2.26. The summed E-state index contributed by atoms with van der Waals surface area (Å²) < 4.78 is 7.63. The maximum absolute atomic E-state index is 5.70. The number of hydrogen-bond donors (Lipinski definition) is 1. The number of nitrogens with two attached hydrogens (primary N) is 1. The molecule has 0 bridgehead atoms. The number of guanidine groups is 1. The van der Waals surface area contributed by atoms with Gasteiger partial charge in [-0.05, 0) is 26.7 Å². The molecule has 2 N–H and O–H groups in total. The van der Waals surface area contributed by atoms with E-state index in [4.69, 9.17) is 10.5 Å².